The molecule has 0 aromatic carbocycles. The van der Waals surface area contributed by atoms with Crippen LogP contribution >= 0.6 is 0 Å². The van der Waals surface area contributed by atoms with Gasteiger partial charge in [0.05, 0.1) is 0 Å². The molecule has 7 heavy (non-hydrogen) atoms. The normalized spacial score (nSPS) is 5.57. The molecule has 0 bridgehead atoms. The van der Waals surface area contributed by atoms with E-state index < -0.39 is 7.32 Å². The molecule has 0 aliphatic heterocycles. The Balaban J connectivity index is -0.0000000267. The summed E-state index contributed by atoms with van der Waals surface area (Å²) in [7, 11) is -2.06. The van der Waals surface area contributed by atoms with Gasteiger partial charge in [0.15, 0.2) is 0 Å². The van der Waals surface area contributed by atoms with Crippen molar-refractivity contribution in [2.75, 3.05) is 0 Å². The van der Waals surface area contributed by atoms with Crippen LogP contribution in [-0.4, -0.2) is 28.1 Å². The van der Waals surface area contributed by atoms with Crippen molar-refractivity contribution in [2.24, 2.45) is 0 Å². The minimum Gasteiger partial charge on any atom is -1.00 e. The van der Waals surface area contributed by atoms with E-state index in [2.05, 4.69) is 4.81 Å². The predicted molar refractivity (Wildman–Crippen MR) is 18.6 cm³/mol. The Bertz CT molecular complexity index is 26.4. The van der Waals surface area contributed by atoms with Crippen LogP contribution in [0.2, 0.25) is 0 Å². The first-order chi connectivity index (χ1) is 2.27. The fraction of sp³-hybridized carbons (Fsp3) is 0. The molecule has 0 saturated heterocycles. The van der Waals surface area contributed by atoms with Crippen LogP contribution < -0.4 is 29.6 Å². The van der Waals surface area contributed by atoms with Crippen LogP contribution in [0.1, 0.15) is 1.43 Å². The fourth-order valence-electron chi connectivity index (χ4n) is 0. The van der Waals surface area contributed by atoms with Crippen molar-refractivity contribution in [1.29, 1.82) is 0 Å². The average Bonchev–Trinajstić information content (AvgIpc) is 1.38. The summed E-state index contributed by atoms with van der Waals surface area (Å²) < 4.78 is 0. The standard InChI is InChI=1S/BH3O4.Na.H2O.H/c2-1(3)5-4;;;/h2-4H;;1H2;/q;+1;;-1. The van der Waals surface area contributed by atoms with Crippen molar-refractivity contribution in [3.05, 3.63) is 0 Å². The fourth-order valence-corrected chi connectivity index (χ4v) is 0. The summed E-state index contributed by atoms with van der Waals surface area (Å²) in [6.07, 6.45) is 0. The molecular formula is H6BNaO5. The quantitative estimate of drug-likeness (QED) is 0.183. The predicted octanol–water partition coefficient (Wildman–Crippen LogP) is -5.26. The summed E-state index contributed by atoms with van der Waals surface area (Å²) in [5, 5.41) is 22.0. The summed E-state index contributed by atoms with van der Waals surface area (Å²) in [6.45, 7) is 0. The zero-order chi connectivity index (χ0) is 4.28. The van der Waals surface area contributed by atoms with Gasteiger partial charge in [0.2, 0.25) is 0 Å². The molecule has 0 fully saturated rings. The molecule has 0 atom stereocenters. The molecular weight excluding hydrogens is 114 g/mol. The summed E-state index contributed by atoms with van der Waals surface area (Å²) in [5.74, 6) is 0. The van der Waals surface area contributed by atoms with Gasteiger partial charge in [-0.05, 0) is 0 Å². The van der Waals surface area contributed by atoms with Crippen molar-refractivity contribution in [1.82, 2.24) is 0 Å². The zero-order valence-electron chi connectivity index (χ0n) is 4.83. The maximum Gasteiger partial charge on any atom is 1.00 e. The summed E-state index contributed by atoms with van der Waals surface area (Å²) in [4.78, 5) is 2.86. The first-order valence-electron chi connectivity index (χ1n) is 0.935. The zero-order valence-corrected chi connectivity index (χ0v) is 5.83. The first kappa shape index (κ1) is 15.7. The summed E-state index contributed by atoms with van der Waals surface area (Å²) in [5.41, 5.74) is 0. The molecule has 0 radical (unpaired) electrons. The van der Waals surface area contributed by atoms with Crippen LogP contribution in [0.25, 0.3) is 0 Å². The summed E-state index contributed by atoms with van der Waals surface area (Å²) >= 11 is 0. The maximum absolute atomic E-state index is 7.44. The minimum atomic E-state index is -2.06. The van der Waals surface area contributed by atoms with Gasteiger partial charge in [-0.2, -0.15) is 0 Å². The van der Waals surface area contributed by atoms with Gasteiger partial charge in [-0.3, -0.25) is 5.26 Å². The van der Waals surface area contributed by atoms with Crippen LogP contribution in [0, 0.1) is 0 Å². The SMILES string of the molecule is O.OOB(O)O.[H-].[Na+]. The molecule has 0 saturated carbocycles. The molecule has 0 aromatic heterocycles. The Kier molecular flexibility index (Phi) is 22.3. The number of hydrogen-bond acceptors (Lipinski definition) is 4. The largest absolute Gasteiger partial charge is 1.00 e. The molecule has 0 rings (SSSR count). The monoisotopic (exact) mass is 120 g/mol. The molecule has 0 aliphatic carbocycles. The molecule has 0 aliphatic rings. The van der Waals surface area contributed by atoms with Crippen LogP contribution in [0.3, 0.4) is 0 Å². The molecule has 0 aromatic rings. The van der Waals surface area contributed by atoms with E-state index in [1.165, 1.54) is 0 Å². The van der Waals surface area contributed by atoms with Crippen molar-refractivity contribution in [3.63, 3.8) is 0 Å². The van der Waals surface area contributed by atoms with Gasteiger partial charge in [-0.15, -0.1) is 0 Å². The average molecular weight is 120 g/mol. The third-order valence-corrected chi connectivity index (χ3v) is 0.0943. The Hall–Kier alpha value is 0.865. The maximum atomic E-state index is 7.44. The van der Waals surface area contributed by atoms with E-state index in [-0.39, 0.29) is 36.5 Å². The van der Waals surface area contributed by atoms with Gasteiger partial charge < -0.3 is 17.0 Å². The molecule has 7 heteroatoms. The molecule has 5 N–H and O–H groups in total. The van der Waals surface area contributed by atoms with Crippen molar-refractivity contribution >= 4 is 7.32 Å². The van der Waals surface area contributed by atoms with Gasteiger partial charge in [0, 0.05) is 0 Å². The second-order valence-corrected chi connectivity index (χ2v) is 0.432. The van der Waals surface area contributed by atoms with Gasteiger partial charge >= 0.3 is 36.9 Å². The third-order valence-electron chi connectivity index (χ3n) is 0.0943. The Labute approximate surface area is 64.1 Å². The van der Waals surface area contributed by atoms with E-state index in [9.17, 15) is 0 Å². The Morgan fingerprint density at radius 1 is 1.43 bits per heavy atom. The minimum absolute atomic E-state index is 0. The smallest absolute Gasteiger partial charge is 1.00 e. The number of rotatable bonds is 1. The molecule has 0 spiro atoms. The van der Waals surface area contributed by atoms with E-state index in [0.29, 0.717) is 0 Å². The van der Waals surface area contributed by atoms with E-state index >= 15 is 0 Å². The van der Waals surface area contributed by atoms with E-state index in [1.54, 1.807) is 0 Å². The van der Waals surface area contributed by atoms with E-state index in [0.717, 1.165) is 0 Å². The van der Waals surface area contributed by atoms with Gasteiger partial charge in [-0.25, -0.2) is 4.81 Å². The summed E-state index contributed by atoms with van der Waals surface area (Å²) in [6, 6.07) is 0. The van der Waals surface area contributed by atoms with Crippen LogP contribution in [0.5, 0.6) is 0 Å². The van der Waals surface area contributed by atoms with Gasteiger partial charge in [-0.1, -0.05) is 0 Å². The number of hydrogen-bond donors (Lipinski definition) is 3. The van der Waals surface area contributed by atoms with Crippen LogP contribution in [0.4, 0.5) is 0 Å². The topological polar surface area (TPSA) is 101 Å². The third kappa shape index (κ3) is 19.8. The molecule has 5 nitrogen and oxygen atoms in total. The van der Waals surface area contributed by atoms with Crippen LogP contribution in [-0.2, 0) is 4.81 Å². The molecule has 0 unspecified atom stereocenters. The van der Waals surface area contributed by atoms with Crippen molar-refractivity contribution in [2.45, 2.75) is 0 Å². The Morgan fingerprint density at radius 2 is 1.57 bits per heavy atom. The Morgan fingerprint density at radius 3 is 1.57 bits per heavy atom. The van der Waals surface area contributed by atoms with Gasteiger partial charge in [0.1, 0.15) is 0 Å². The molecule has 0 heterocycles. The van der Waals surface area contributed by atoms with Crippen LogP contribution in [0.15, 0.2) is 0 Å². The molecule has 0 amide bonds. The second-order valence-electron chi connectivity index (χ2n) is 0.432. The first-order valence-corrected chi connectivity index (χ1v) is 0.935. The second kappa shape index (κ2) is 9.98. The van der Waals surface area contributed by atoms with Gasteiger partial charge in [0.25, 0.3) is 0 Å². The van der Waals surface area contributed by atoms with Crippen molar-refractivity contribution in [3.8, 4) is 0 Å². The molecule has 40 valence electrons. The van der Waals surface area contributed by atoms with Crippen molar-refractivity contribution < 1.29 is 56.6 Å². The van der Waals surface area contributed by atoms with E-state index in [1.807, 2.05) is 0 Å². The van der Waals surface area contributed by atoms with E-state index in [4.69, 9.17) is 15.3 Å².